The van der Waals surface area contributed by atoms with Gasteiger partial charge in [-0.1, -0.05) is 6.92 Å². The fourth-order valence-electron chi connectivity index (χ4n) is 3.07. The highest BCUT2D eigenvalue weighted by atomic mass is 16.2. The number of hydrogen-bond acceptors (Lipinski definition) is 3. The van der Waals surface area contributed by atoms with Crippen molar-refractivity contribution >= 4 is 5.91 Å². The Morgan fingerprint density at radius 1 is 1.47 bits per heavy atom. The summed E-state index contributed by atoms with van der Waals surface area (Å²) in [7, 11) is 0. The molecule has 1 aliphatic carbocycles. The minimum atomic E-state index is -0.303. The fraction of sp³-hybridized carbons (Fsp3) is 0.600. The predicted molar refractivity (Wildman–Crippen MR) is 75.2 cm³/mol. The van der Waals surface area contributed by atoms with Gasteiger partial charge in [0.2, 0.25) is 5.91 Å². The summed E-state index contributed by atoms with van der Waals surface area (Å²) in [4.78, 5) is 18.6. The van der Waals surface area contributed by atoms with Crippen LogP contribution in [-0.2, 0) is 11.3 Å². The van der Waals surface area contributed by atoms with Crippen LogP contribution in [0.2, 0.25) is 0 Å². The highest BCUT2D eigenvalue weighted by Gasteiger charge is 2.48. The number of carbonyl (C=O) groups is 1. The molecule has 1 aromatic heterocycles. The number of carbonyl (C=O) groups excluding carboxylic acids is 1. The van der Waals surface area contributed by atoms with E-state index in [0.717, 1.165) is 24.9 Å². The second kappa shape index (κ2) is 5.70. The van der Waals surface area contributed by atoms with Gasteiger partial charge >= 0.3 is 0 Å². The molecule has 0 radical (unpaired) electrons. The maximum absolute atomic E-state index is 12.7. The van der Waals surface area contributed by atoms with Gasteiger partial charge in [-0.2, -0.15) is 0 Å². The minimum absolute atomic E-state index is 0.215. The number of nitrogens with zero attached hydrogens (tertiary/aromatic N) is 2. The first kappa shape index (κ1) is 14.0. The van der Waals surface area contributed by atoms with Gasteiger partial charge in [0.15, 0.2) is 0 Å². The summed E-state index contributed by atoms with van der Waals surface area (Å²) in [5, 5.41) is 0. The van der Waals surface area contributed by atoms with E-state index in [0.29, 0.717) is 19.0 Å². The van der Waals surface area contributed by atoms with E-state index in [1.54, 1.807) is 12.4 Å². The molecular weight excluding hydrogens is 238 g/mol. The molecule has 0 atom stereocenters. The summed E-state index contributed by atoms with van der Waals surface area (Å²) < 4.78 is 0. The maximum Gasteiger partial charge on any atom is 0.230 e. The van der Waals surface area contributed by atoms with Gasteiger partial charge in [-0.15, -0.1) is 0 Å². The summed E-state index contributed by atoms with van der Waals surface area (Å²) >= 11 is 0. The van der Waals surface area contributed by atoms with E-state index in [1.165, 1.54) is 0 Å². The first-order chi connectivity index (χ1) is 9.11. The SMILES string of the molecule is CCN(Cc1ccncc1)C(=O)C1(CN)CC(C)C1. The van der Waals surface area contributed by atoms with Crippen molar-refractivity contribution in [2.75, 3.05) is 13.1 Å². The Morgan fingerprint density at radius 2 is 2.11 bits per heavy atom. The zero-order valence-electron chi connectivity index (χ0n) is 11.8. The van der Waals surface area contributed by atoms with Gasteiger partial charge in [-0.05, 0) is 43.4 Å². The quantitative estimate of drug-likeness (QED) is 0.879. The van der Waals surface area contributed by atoms with Crippen molar-refractivity contribution < 1.29 is 4.79 Å². The number of amides is 1. The Balaban J connectivity index is 2.07. The van der Waals surface area contributed by atoms with Gasteiger partial charge in [0, 0.05) is 32.0 Å². The van der Waals surface area contributed by atoms with Crippen molar-refractivity contribution in [1.29, 1.82) is 0 Å². The Morgan fingerprint density at radius 3 is 2.58 bits per heavy atom. The monoisotopic (exact) mass is 261 g/mol. The van der Waals surface area contributed by atoms with Gasteiger partial charge in [0.05, 0.1) is 5.41 Å². The number of pyridine rings is 1. The van der Waals surface area contributed by atoms with Gasteiger partial charge < -0.3 is 10.6 Å². The molecule has 1 saturated carbocycles. The van der Waals surface area contributed by atoms with Gasteiger partial charge in [0.25, 0.3) is 0 Å². The molecular formula is C15H23N3O. The van der Waals surface area contributed by atoms with Crippen molar-refractivity contribution in [3.05, 3.63) is 30.1 Å². The molecule has 0 aliphatic heterocycles. The van der Waals surface area contributed by atoms with Crippen molar-refractivity contribution in [2.45, 2.75) is 33.2 Å². The number of nitrogens with two attached hydrogens (primary N) is 1. The highest BCUT2D eigenvalue weighted by molar-refractivity contribution is 5.84. The lowest BCUT2D eigenvalue weighted by atomic mass is 9.62. The summed E-state index contributed by atoms with van der Waals surface area (Å²) in [6.07, 6.45) is 5.37. The molecule has 1 aromatic rings. The Bertz CT molecular complexity index is 426. The van der Waals surface area contributed by atoms with Crippen LogP contribution in [-0.4, -0.2) is 28.9 Å². The Kier molecular flexibility index (Phi) is 4.20. The van der Waals surface area contributed by atoms with Crippen LogP contribution in [0.5, 0.6) is 0 Å². The summed E-state index contributed by atoms with van der Waals surface area (Å²) in [6, 6.07) is 3.91. The molecule has 2 rings (SSSR count). The average Bonchev–Trinajstić information content (AvgIpc) is 2.41. The van der Waals surface area contributed by atoms with Crippen molar-refractivity contribution in [3.63, 3.8) is 0 Å². The lowest BCUT2D eigenvalue weighted by molar-refractivity contribution is -0.150. The zero-order valence-corrected chi connectivity index (χ0v) is 11.8. The van der Waals surface area contributed by atoms with Crippen LogP contribution in [0.3, 0.4) is 0 Å². The molecule has 1 fully saturated rings. The molecule has 4 nitrogen and oxygen atoms in total. The van der Waals surface area contributed by atoms with E-state index < -0.39 is 0 Å². The van der Waals surface area contributed by atoms with Gasteiger partial charge in [0.1, 0.15) is 0 Å². The van der Waals surface area contributed by atoms with Crippen molar-refractivity contribution in [1.82, 2.24) is 9.88 Å². The predicted octanol–water partition coefficient (Wildman–Crippen LogP) is 1.81. The molecule has 0 bridgehead atoms. The molecule has 1 aliphatic rings. The normalized spacial score (nSPS) is 25.7. The molecule has 0 saturated heterocycles. The van der Waals surface area contributed by atoms with Crippen LogP contribution < -0.4 is 5.73 Å². The van der Waals surface area contributed by atoms with Crippen LogP contribution in [0.4, 0.5) is 0 Å². The Labute approximate surface area is 115 Å². The molecule has 2 N–H and O–H groups in total. The van der Waals surface area contributed by atoms with E-state index in [2.05, 4.69) is 11.9 Å². The molecule has 1 amide bonds. The van der Waals surface area contributed by atoms with E-state index in [-0.39, 0.29) is 11.3 Å². The first-order valence-electron chi connectivity index (χ1n) is 6.99. The van der Waals surface area contributed by atoms with Crippen molar-refractivity contribution in [3.8, 4) is 0 Å². The van der Waals surface area contributed by atoms with E-state index in [1.807, 2.05) is 24.0 Å². The molecule has 0 unspecified atom stereocenters. The third-order valence-corrected chi connectivity index (χ3v) is 4.11. The van der Waals surface area contributed by atoms with E-state index in [4.69, 9.17) is 5.73 Å². The smallest absolute Gasteiger partial charge is 0.230 e. The lowest BCUT2D eigenvalue weighted by Crippen LogP contribution is -2.54. The van der Waals surface area contributed by atoms with Gasteiger partial charge in [-0.25, -0.2) is 0 Å². The second-order valence-corrected chi connectivity index (χ2v) is 5.67. The van der Waals surface area contributed by atoms with Crippen LogP contribution >= 0.6 is 0 Å². The minimum Gasteiger partial charge on any atom is -0.338 e. The molecule has 19 heavy (non-hydrogen) atoms. The second-order valence-electron chi connectivity index (χ2n) is 5.67. The van der Waals surface area contributed by atoms with E-state index >= 15 is 0 Å². The summed E-state index contributed by atoms with van der Waals surface area (Å²) in [5.74, 6) is 0.833. The van der Waals surface area contributed by atoms with Crippen LogP contribution in [0.25, 0.3) is 0 Å². The maximum atomic E-state index is 12.7. The third kappa shape index (κ3) is 2.78. The molecule has 1 heterocycles. The summed E-state index contributed by atoms with van der Waals surface area (Å²) in [6.45, 7) is 6.03. The number of aromatic nitrogens is 1. The highest BCUT2D eigenvalue weighted by Crippen LogP contribution is 2.46. The molecule has 0 aromatic carbocycles. The zero-order chi connectivity index (χ0) is 13.9. The average molecular weight is 261 g/mol. The van der Waals surface area contributed by atoms with Gasteiger partial charge in [-0.3, -0.25) is 9.78 Å². The topological polar surface area (TPSA) is 59.2 Å². The van der Waals surface area contributed by atoms with Crippen molar-refractivity contribution in [2.24, 2.45) is 17.1 Å². The fourth-order valence-corrected chi connectivity index (χ4v) is 3.07. The largest absolute Gasteiger partial charge is 0.338 e. The van der Waals surface area contributed by atoms with Crippen LogP contribution in [0.15, 0.2) is 24.5 Å². The number of rotatable bonds is 5. The molecule has 4 heteroatoms. The Hall–Kier alpha value is -1.42. The summed E-state index contributed by atoms with van der Waals surface area (Å²) in [5.41, 5.74) is 6.67. The van der Waals surface area contributed by atoms with Crippen LogP contribution in [0.1, 0.15) is 32.3 Å². The van der Waals surface area contributed by atoms with E-state index in [9.17, 15) is 4.79 Å². The number of hydrogen-bond donors (Lipinski definition) is 1. The third-order valence-electron chi connectivity index (χ3n) is 4.11. The molecule has 104 valence electrons. The molecule has 0 spiro atoms. The van der Waals surface area contributed by atoms with Crippen LogP contribution in [0, 0.1) is 11.3 Å². The lowest BCUT2D eigenvalue weighted by Gasteiger charge is -2.46. The standard InChI is InChI=1S/C15H23N3O/c1-3-18(10-13-4-6-17-7-5-13)14(19)15(11-16)8-12(2)9-15/h4-7,12H,3,8-11,16H2,1-2H3. The first-order valence-corrected chi connectivity index (χ1v) is 6.99.